The van der Waals surface area contributed by atoms with E-state index >= 15 is 0 Å². The summed E-state index contributed by atoms with van der Waals surface area (Å²) < 4.78 is 11.1. The number of nitrogens with one attached hydrogen (secondary N) is 1. The SMILES string of the molecule is CC(C)(C)OC(=O)CCCCCCOc1cccc2c1C(=O)N(C1CCC(=O)NC1=O)C2=O. The molecule has 2 aliphatic heterocycles. The van der Waals surface area contributed by atoms with Gasteiger partial charge in [-0.15, -0.1) is 0 Å². The molecule has 0 aromatic heterocycles. The summed E-state index contributed by atoms with van der Waals surface area (Å²) in [7, 11) is 0. The second-order valence-electron chi connectivity index (χ2n) is 9.23. The predicted molar refractivity (Wildman–Crippen MR) is 118 cm³/mol. The average molecular weight is 459 g/mol. The van der Waals surface area contributed by atoms with Crippen LogP contribution in [-0.4, -0.2) is 52.7 Å². The first-order valence-electron chi connectivity index (χ1n) is 11.3. The van der Waals surface area contributed by atoms with Gasteiger partial charge in [0.05, 0.1) is 17.7 Å². The lowest BCUT2D eigenvalue weighted by atomic mass is 10.0. The number of carbonyl (C=O) groups excluding carboxylic acids is 5. The smallest absolute Gasteiger partial charge is 0.306 e. The van der Waals surface area contributed by atoms with Gasteiger partial charge in [-0.3, -0.25) is 34.2 Å². The first-order valence-corrected chi connectivity index (χ1v) is 11.3. The molecule has 4 amide bonds. The number of nitrogens with zero attached hydrogens (tertiary/aromatic N) is 1. The Morgan fingerprint density at radius 3 is 2.48 bits per heavy atom. The lowest BCUT2D eigenvalue weighted by Crippen LogP contribution is -2.54. The van der Waals surface area contributed by atoms with Crippen molar-refractivity contribution in [3.63, 3.8) is 0 Å². The zero-order valence-electron chi connectivity index (χ0n) is 19.3. The Morgan fingerprint density at radius 2 is 1.79 bits per heavy atom. The Bertz CT molecular complexity index is 964. The van der Waals surface area contributed by atoms with Crippen LogP contribution in [0.3, 0.4) is 0 Å². The number of imide groups is 2. The van der Waals surface area contributed by atoms with Crippen LogP contribution in [0.2, 0.25) is 0 Å². The van der Waals surface area contributed by atoms with Crippen LogP contribution in [-0.2, 0) is 19.1 Å². The van der Waals surface area contributed by atoms with E-state index in [9.17, 15) is 24.0 Å². The Kier molecular flexibility index (Phi) is 7.50. The fraction of sp³-hybridized carbons (Fsp3) is 0.542. The molecular weight excluding hydrogens is 428 g/mol. The van der Waals surface area contributed by atoms with E-state index in [4.69, 9.17) is 9.47 Å². The molecule has 1 unspecified atom stereocenters. The number of benzene rings is 1. The molecule has 1 N–H and O–H groups in total. The third kappa shape index (κ3) is 5.97. The van der Waals surface area contributed by atoms with Crippen LogP contribution in [0.25, 0.3) is 0 Å². The van der Waals surface area contributed by atoms with E-state index in [0.29, 0.717) is 18.8 Å². The third-order valence-corrected chi connectivity index (χ3v) is 5.38. The van der Waals surface area contributed by atoms with Gasteiger partial charge < -0.3 is 9.47 Å². The Morgan fingerprint density at radius 1 is 1.06 bits per heavy atom. The lowest BCUT2D eigenvalue weighted by molar-refractivity contribution is -0.155. The molecule has 33 heavy (non-hydrogen) atoms. The first kappa shape index (κ1) is 24.4. The van der Waals surface area contributed by atoms with E-state index in [0.717, 1.165) is 30.6 Å². The third-order valence-electron chi connectivity index (χ3n) is 5.38. The number of amides is 4. The van der Waals surface area contributed by atoms with Gasteiger partial charge in [-0.05, 0) is 52.2 Å². The highest BCUT2D eigenvalue weighted by Crippen LogP contribution is 2.33. The van der Waals surface area contributed by atoms with E-state index < -0.39 is 35.3 Å². The average Bonchev–Trinajstić information content (AvgIpc) is 2.97. The van der Waals surface area contributed by atoms with Gasteiger partial charge in [0.15, 0.2) is 0 Å². The summed E-state index contributed by atoms with van der Waals surface area (Å²) in [5.41, 5.74) is -0.135. The Balaban J connectivity index is 1.50. The van der Waals surface area contributed by atoms with Gasteiger partial charge in [-0.1, -0.05) is 18.9 Å². The molecular formula is C24H30N2O7. The van der Waals surface area contributed by atoms with Crippen molar-refractivity contribution in [1.82, 2.24) is 10.2 Å². The number of carbonyl (C=O) groups is 5. The number of ether oxygens (including phenoxy) is 2. The second-order valence-corrected chi connectivity index (χ2v) is 9.23. The van der Waals surface area contributed by atoms with Crippen LogP contribution in [0.5, 0.6) is 5.75 Å². The summed E-state index contributed by atoms with van der Waals surface area (Å²) in [4.78, 5) is 62.1. The van der Waals surface area contributed by atoms with E-state index in [2.05, 4.69) is 5.32 Å². The fourth-order valence-electron chi connectivity index (χ4n) is 3.90. The fourth-order valence-corrected chi connectivity index (χ4v) is 3.90. The van der Waals surface area contributed by atoms with Crippen molar-refractivity contribution in [3.8, 4) is 5.75 Å². The monoisotopic (exact) mass is 458 g/mol. The molecule has 178 valence electrons. The molecule has 3 rings (SSSR count). The molecule has 0 radical (unpaired) electrons. The van der Waals surface area contributed by atoms with Gasteiger partial charge >= 0.3 is 5.97 Å². The summed E-state index contributed by atoms with van der Waals surface area (Å²) in [6.07, 6.45) is 3.68. The number of rotatable bonds is 9. The van der Waals surface area contributed by atoms with Crippen LogP contribution in [0, 0.1) is 0 Å². The maximum Gasteiger partial charge on any atom is 0.306 e. The molecule has 1 aromatic carbocycles. The molecule has 0 saturated carbocycles. The number of hydrogen-bond acceptors (Lipinski definition) is 7. The maximum atomic E-state index is 13.0. The van der Waals surface area contributed by atoms with Crippen LogP contribution in [0.4, 0.5) is 0 Å². The zero-order valence-corrected chi connectivity index (χ0v) is 19.3. The van der Waals surface area contributed by atoms with Gasteiger partial charge in [0.1, 0.15) is 17.4 Å². The normalized spacial score (nSPS) is 18.3. The van der Waals surface area contributed by atoms with Gasteiger partial charge in [0, 0.05) is 12.8 Å². The zero-order chi connectivity index (χ0) is 24.2. The Hall–Kier alpha value is -3.23. The number of piperidine rings is 1. The van der Waals surface area contributed by atoms with Crippen molar-refractivity contribution in [2.75, 3.05) is 6.61 Å². The summed E-state index contributed by atoms with van der Waals surface area (Å²) in [5.74, 6) is -2.11. The molecule has 1 fully saturated rings. The van der Waals surface area contributed by atoms with Crippen molar-refractivity contribution < 1.29 is 33.4 Å². The van der Waals surface area contributed by atoms with E-state index in [-0.39, 0.29) is 29.9 Å². The van der Waals surface area contributed by atoms with Gasteiger partial charge in [0.25, 0.3) is 11.8 Å². The van der Waals surface area contributed by atoms with Gasteiger partial charge in [-0.2, -0.15) is 0 Å². The number of hydrogen-bond donors (Lipinski definition) is 1. The molecule has 1 saturated heterocycles. The van der Waals surface area contributed by atoms with Crippen molar-refractivity contribution in [3.05, 3.63) is 29.3 Å². The molecule has 1 atom stereocenters. The van der Waals surface area contributed by atoms with Crippen molar-refractivity contribution in [2.24, 2.45) is 0 Å². The number of esters is 1. The Labute approximate surface area is 192 Å². The summed E-state index contributed by atoms with van der Waals surface area (Å²) >= 11 is 0. The minimum atomic E-state index is -1.01. The summed E-state index contributed by atoms with van der Waals surface area (Å²) in [6.45, 7) is 5.86. The largest absolute Gasteiger partial charge is 0.493 e. The molecule has 2 aliphatic rings. The van der Waals surface area contributed by atoms with Crippen LogP contribution in [0.15, 0.2) is 18.2 Å². The van der Waals surface area contributed by atoms with Crippen LogP contribution in [0.1, 0.15) is 86.4 Å². The number of unbranched alkanes of at least 4 members (excludes halogenated alkanes) is 3. The van der Waals surface area contributed by atoms with Crippen LogP contribution >= 0.6 is 0 Å². The highest BCUT2D eigenvalue weighted by Gasteiger charge is 2.45. The molecule has 9 nitrogen and oxygen atoms in total. The van der Waals surface area contributed by atoms with Crippen LogP contribution < -0.4 is 10.1 Å². The number of fused-ring (bicyclic) bond motifs is 1. The van der Waals surface area contributed by atoms with Gasteiger partial charge in [0.2, 0.25) is 11.8 Å². The van der Waals surface area contributed by atoms with E-state index in [1.54, 1.807) is 12.1 Å². The minimum absolute atomic E-state index is 0.0705. The molecule has 9 heteroatoms. The van der Waals surface area contributed by atoms with Crippen molar-refractivity contribution >= 4 is 29.6 Å². The maximum absolute atomic E-state index is 13.0. The highest BCUT2D eigenvalue weighted by atomic mass is 16.6. The summed E-state index contributed by atoms with van der Waals surface area (Å²) in [5, 5.41) is 2.18. The summed E-state index contributed by atoms with van der Waals surface area (Å²) in [6, 6.07) is 3.78. The first-order chi connectivity index (χ1) is 15.6. The minimum Gasteiger partial charge on any atom is -0.493 e. The quantitative estimate of drug-likeness (QED) is 0.343. The predicted octanol–water partition coefficient (Wildman–Crippen LogP) is 2.76. The molecule has 1 aromatic rings. The van der Waals surface area contributed by atoms with Crippen molar-refractivity contribution in [2.45, 2.75) is 77.4 Å². The molecule has 0 aliphatic carbocycles. The highest BCUT2D eigenvalue weighted by molar-refractivity contribution is 6.24. The topological polar surface area (TPSA) is 119 Å². The standard InChI is InChI=1S/C24H30N2O7/c1-24(2,3)33-19(28)11-6-4-5-7-14-32-17-10-8-9-15-20(17)23(31)26(22(15)30)16-12-13-18(27)25-21(16)29/h8-10,16H,4-7,11-14H2,1-3H3,(H,25,27,29). The second kappa shape index (κ2) is 10.1. The van der Waals surface area contributed by atoms with E-state index in [1.165, 1.54) is 6.07 Å². The molecule has 0 spiro atoms. The molecule has 2 heterocycles. The molecule has 0 bridgehead atoms. The van der Waals surface area contributed by atoms with Crippen molar-refractivity contribution in [1.29, 1.82) is 0 Å². The van der Waals surface area contributed by atoms with Gasteiger partial charge in [-0.25, -0.2) is 0 Å². The van der Waals surface area contributed by atoms with E-state index in [1.807, 2.05) is 20.8 Å². The lowest BCUT2D eigenvalue weighted by Gasteiger charge is -2.27.